The highest BCUT2D eigenvalue weighted by Crippen LogP contribution is 2.36. The molecule has 1 aliphatic rings. The van der Waals surface area contributed by atoms with E-state index in [1.165, 1.54) is 34.0 Å². The van der Waals surface area contributed by atoms with Crippen LogP contribution in [0.3, 0.4) is 0 Å². The summed E-state index contributed by atoms with van der Waals surface area (Å²) in [4.78, 5) is 0. The third-order valence-electron chi connectivity index (χ3n) is 2.98. The fourth-order valence-corrected chi connectivity index (χ4v) is 3.22. The molecular formula is C13H17IO. The first-order valence-electron chi connectivity index (χ1n) is 5.67. The molecule has 1 aliphatic carbocycles. The van der Waals surface area contributed by atoms with E-state index in [0.29, 0.717) is 0 Å². The van der Waals surface area contributed by atoms with Gasteiger partial charge >= 0.3 is 0 Å². The van der Waals surface area contributed by atoms with Gasteiger partial charge in [0.2, 0.25) is 0 Å². The lowest BCUT2D eigenvalue weighted by Crippen LogP contribution is -2.02. The molecule has 0 fully saturated rings. The number of halogens is 1. The number of ether oxygens (including phenoxy) is 1. The van der Waals surface area contributed by atoms with Crippen molar-refractivity contribution in [1.29, 1.82) is 0 Å². The van der Waals surface area contributed by atoms with Crippen molar-refractivity contribution < 1.29 is 4.74 Å². The molecule has 0 aromatic heterocycles. The second kappa shape index (κ2) is 4.73. The van der Waals surface area contributed by atoms with Crippen molar-refractivity contribution >= 4 is 22.6 Å². The molecule has 0 saturated heterocycles. The molecule has 15 heavy (non-hydrogen) atoms. The van der Waals surface area contributed by atoms with E-state index in [-0.39, 0.29) is 0 Å². The van der Waals surface area contributed by atoms with Crippen LogP contribution < -0.4 is 4.74 Å². The molecular weight excluding hydrogens is 299 g/mol. The molecule has 0 unspecified atom stereocenters. The van der Waals surface area contributed by atoms with Crippen LogP contribution in [0.5, 0.6) is 5.75 Å². The fraction of sp³-hybridized carbons (Fsp3) is 0.538. The van der Waals surface area contributed by atoms with Crippen molar-refractivity contribution in [3.63, 3.8) is 0 Å². The summed E-state index contributed by atoms with van der Waals surface area (Å²) >= 11 is 2.39. The zero-order chi connectivity index (χ0) is 10.8. The number of fused-ring (bicyclic) bond motifs is 1. The van der Waals surface area contributed by atoms with Crippen molar-refractivity contribution in [3.05, 3.63) is 26.3 Å². The molecule has 0 atom stereocenters. The standard InChI is InChI=1S/C13H17IO/c1-3-7-15-13-11-6-4-5-10(11)9(2)8-12(13)14/h8H,3-7H2,1-2H3. The predicted molar refractivity (Wildman–Crippen MR) is 71.7 cm³/mol. The highest BCUT2D eigenvalue weighted by atomic mass is 127. The smallest absolute Gasteiger partial charge is 0.136 e. The van der Waals surface area contributed by atoms with Crippen LogP contribution in [0.1, 0.15) is 36.5 Å². The molecule has 2 heteroatoms. The van der Waals surface area contributed by atoms with Crippen LogP contribution in [0.25, 0.3) is 0 Å². The summed E-state index contributed by atoms with van der Waals surface area (Å²) in [5, 5.41) is 0. The van der Waals surface area contributed by atoms with E-state index in [0.717, 1.165) is 18.8 Å². The van der Waals surface area contributed by atoms with Crippen LogP contribution in [-0.4, -0.2) is 6.61 Å². The summed E-state index contributed by atoms with van der Waals surface area (Å²) in [5.74, 6) is 1.16. The molecule has 82 valence electrons. The Morgan fingerprint density at radius 2 is 2.07 bits per heavy atom. The van der Waals surface area contributed by atoms with E-state index in [1.807, 2.05) is 0 Å². The van der Waals surface area contributed by atoms with E-state index in [1.54, 1.807) is 5.56 Å². The summed E-state index contributed by atoms with van der Waals surface area (Å²) in [6, 6.07) is 2.26. The molecule has 0 radical (unpaired) electrons. The van der Waals surface area contributed by atoms with Gasteiger partial charge < -0.3 is 4.74 Å². The summed E-state index contributed by atoms with van der Waals surface area (Å²) in [6.07, 6.45) is 4.81. The van der Waals surface area contributed by atoms with Crippen molar-refractivity contribution in [1.82, 2.24) is 0 Å². The summed E-state index contributed by atoms with van der Waals surface area (Å²) in [6.45, 7) is 5.21. The minimum atomic E-state index is 0.839. The van der Waals surface area contributed by atoms with Crippen LogP contribution in [-0.2, 0) is 12.8 Å². The maximum atomic E-state index is 5.88. The van der Waals surface area contributed by atoms with E-state index in [2.05, 4.69) is 42.5 Å². The maximum Gasteiger partial charge on any atom is 0.136 e. The van der Waals surface area contributed by atoms with Crippen LogP contribution in [0.2, 0.25) is 0 Å². The second-order valence-electron chi connectivity index (χ2n) is 4.16. The summed E-state index contributed by atoms with van der Waals surface area (Å²) in [5.41, 5.74) is 4.46. The van der Waals surface area contributed by atoms with Crippen LogP contribution in [0, 0.1) is 10.5 Å². The van der Waals surface area contributed by atoms with E-state index < -0.39 is 0 Å². The van der Waals surface area contributed by atoms with E-state index in [9.17, 15) is 0 Å². The Balaban J connectivity index is 2.40. The lowest BCUT2D eigenvalue weighted by atomic mass is 10.0. The van der Waals surface area contributed by atoms with Gasteiger partial charge in [-0.1, -0.05) is 6.92 Å². The molecule has 0 saturated carbocycles. The normalized spacial score (nSPS) is 14.1. The van der Waals surface area contributed by atoms with Gasteiger partial charge in [-0.15, -0.1) is 0 Å². The predicted octanol–water partition coefficient (Wildman–Crippen LogP) is 3.88. The van der Waals surface area contributed by atoms with Gasteiger partial charge in [-0.2, -0.15) is 0 Å². The van der Waals surface area contributed by atoms with Crippen LogP contribution in [0.4, 0.5) is 0 Å². The quantitative estimate of drug-likeness (QED) is 0.769. The van der Waals surface area contributed by atoms with Crippen molar-refractivity contribution in [2.24, 2.45) is 0 Å². The molecule has 0 aliphatic heterocycles. The maximum absolute atomic E-state index is 5.88. The van der Waals surface area contributed by atoms with E-state index in [4.69, 9.17) is 4.74 Å². The van der Waals surface area contributed by atoms with Crippen molar-refractivity contribution in [2.45, 2.75) is 39.5 Å². The Labute approximate surface area is 105 Å². The molecule has 1 nitrogen and oxygen atoms in total. The van der Waals surface area contributed by atoms with Gasteiger partial charge in [-0.25, -0.2) is 0 Å². The molecule has 0 spiro atoms. The molecule has 0 N–H and O–H groups in total. The Bertz CT molecular complexity index is 371. The third kappa shape index (κ3) is 2.14. The SMILES string of the molecule is CCCOc1c(I)cc(C)c2c1CCC2. The number of rotatable bonds is 3. The van der Waals surface area contributed by atoms with Gasteiger partial charge in [0.1, 0.15) is 5.75 Å². The second-order valence-corrected chi connectivity index (χ2v) is 5.33. The monoisotopic (exact) mass is 316 g/mol. The lowest BCUT2D eigenvalue weighted by molar-refractivity contribution is 0.312. The first-order valence-corrected chi connectivity index (χ1v) is 6.75. The fourth-order valence-electron chi connectivity index (χ4n) is 2.28. The van der Waals surface area contributed by atoms with Crippen LogP contribution in [0.15, 0.2) is 6.07 Å². The number of hydrogen-bond donors (Lipinski definition) is 0. The Morgan fingerprint density at radius 1 is 1.33 bits per heavy atom. The van der Waals surface area contributed by atoms with Gasteiger partial charge in [0.15, 0.2) is 0 Å². The highest BCUT2D eigenvalue weighted by molar-refractivity contribution is 14.1. The Hall–Kier alpha value is -0.250. The zero-order valence-electron chi connectivity index (χ0n) is 9.40. The number of benzene rings is 1. The molecule has 0 heterocycles. The zero-order valence-corrected chi connectivity index (χ0v) is 11.6. The molecule has 2 rings (SSSR count). The Morgan fingerprint density at radius 3 is 2.80 bits per heavy atom. The van der Waals surface area contributed by atoms with Gasteiger partial charge in [-0.3, -0.25) is 0 Å². The van der Waals surface area contributed by atoms with Crippen molar-refractivity contribution in [2.75, 3.05) is 6.61 Å². The Kier molecular flexibility index (Phi) is 3.54. The third-order valence-corrected chi connectivity index (χ3v) is 3.78. The lowest BCUT2D eigenvalue weighted by Gasteiger charge is -2.14. The van der Waals surface area contributed by atoms with Gasteiger partial charge in [0.25, 0.3) is 0 Å². The molecule has 0 bridgehead atoms. The van der Waals surface area contributed by atoms with Gasteiger partial charge in [0, 0.05) is 0 Å². The summed E-state index contributed by atoms with van der Waals surface area (Å²) in [7, 11) is 0. The number of hydrogen-bond acceptors (Lipinski definition) is 1. The van der Waals surface area contributed by atoms with Gasteiger partial charge in [-0.05, 0) is 78.0 Å². The average Bonchev–Trinajstić information content (AvgIpc) is 2.66. The minimum absolute atomic E-state index is 0.839. The summed E-state index contributed by atoms with van der Waals surface area (Å²) < 4.78 is 7.15. The van der Waals surface area contributed by atoms with E-state index >= 15 is 0 Å². The molecule has 0 amide bonds. The first-order chi connectivity index (χ1) is 7.24. The highest BCUT2D eigenvalue weighted by Gasteiger charge is 2.20. The van der Waals surface area contributed by atoms with Gasteiger partial charge in [0.05, 0.1) is 10.2 Å². The van der Waals surface area contributed by atoms with Crippen molar-refractivity contribution in [3.8, 4) is 5.75 Å². The number of aryl methyl sites for hydroxylation is 1. The largest absolute Gasteiger partial charge is 0.492 e. The average molecular weight is 316 g/mol. The molecule has 1 aromatic rings. The van der Waals surface area contributed by atoms with Crippen LogP contribution >= 0.6 is 22.6 Å². The topological polar surface area (TPSA) is 9.23 Å². The minimum Gasteiger partial charge on any atom is -0.492 e. The molecule has 1 aromatic carbocycles. The first kappa shape index (κ1) is 11.2.